The number of unbranched alkanes of at least 4 members (excludes halogenated alkanes) is 15. The van der Waals surface area contributed by atoms with E-state index >= 15 is 0 Å². The summed E-state index contributed by atoms with van der Waals surface area (Å²) in [7, 11) is 0. The molecule has 0 amide bonds. The van der Waals surface area contributed by atoms with E-state index in [1.165, 1.54) is 96.3 Å². The number of carboxylic acids is 1. The highest BCUT2D eigenvalue weighted by atomic mass is 16.4. The molecule has 0 atom stereocenters. The zero-order valence-electron chi connectivity index (χ0n) is 49.6. The highest BCUT2D eigenvalue weighted by Gasteiger charge is 2.00. The van der Waals surface area contributed by atoms with E-state index in [2.05, 4.69) is 19.1 Å². The van der Waals surface area contributed by atoms with E-state index in [0.29, 0.717) is 6.42 Å². The number of aliphatic carboxylic acids is 1. The van der Waals surface area contributed by atoms with E-state index < -0.39 is 67.0 Å². The molecule has 32 heteroatoms. The molecule has 0 bridgehead atoms. The normalized spacial score (nSPS) is 10.4. The van der Waals surface area contributed by atoms with Crippen LogP contribution in [0, 0.1) is 0 Å². The first kappa shape index (κ1) is 107. The Bertz CT molecular complexity index is 862. The predicted octanol–water partition coefficient (Wildman–Crippen LogP) is -9.01. The van der Waals surface area contributed by atoms with Gasteiger partial charge in [-0.1, -0.05) is 96.1 Å². The Hall–Kier alpha value is -1.99. The van der Waals surface area contributed by atoms with Crippen molar-refractivity contribution in [2.24, 2.45) is 0 Å². The topological polar surface area (TPSA) is 644 Å². The summed E-state index contributed by atoms with van der Waals surface area (Å²) in [5.74, 6) is -0.656. The molecule has 0 aromatic heterocycles. The van der Waals surface area contributed by atoms with E-state index in [9.17, 15) is 4.79 Å². The summed E-state index contributed by atoms with van der Waals surface area (Å²) in [4.78, 5) is 10.4. The number of aliphatic hydroxyl groups excluding tert-OH is 30. The van der Waals surface area contributed by atoms with Crippen LogP contribution in [0.5, 0.6) is 0 Å². The van der Waals surface area contributed by atoms with E-state index in [4.69, 9.17) is 158 Å². The van der Waals surface area contributed by atoms with E-state index in [0.717, 1.165) is 12.8 Å². The second-order valence-corrected chi connectivity index (χ2v) is 17.3. The van der Waals surface area contributed by atoms with Crippen LogP contribution in [0.1, 0.15) is 122 Å². The smallest absolute Gasteiger partial charge is 0.303 e. The molecule has 0 unspecified atom stereocenters. The highest BCUT2D eigenvalue weighted by molar-refractivity contribution is 5.66. The van der Waals surface area contributed by atoms with Crippen molar-refractivity contribution in [2.75, 3.05) is 132 Å². The fourth-order valence-corrected chi connectivity index (χ4v) is 3.63. The summed E-state index contributed by atoms with van der Waals surface area (Å²) >= 11 is 0. The fraction of sp³-hybridized carbons (Fsp3) is 0.942. The van der Waals surface area contributed by atoms with Gasteiger partial charge in [0.1, 0.15) is 61.0 Å². The van der Waals surface area contributed by atoms with Gasteiger partial charge in [0.2, 0.25) is 0 Å². The summed E-state index contributed by atoms with van der Waals surface area (Å²) < 4.78 is 0. The minimum absolute atomic E-state index is 0.340. The number of aliphatic hydroxyl groups is 30. The van der Waals surface area contributed by atoms with Crippen molar-refractivity contribution < 1.29 is 163 Å². The second kappa shape index (κ2) is 103. The maximum absolute atomic E-state index is 10.4. The van der Waals surface area contributed by atoms with Gasteiger partial charge in [0.05, 0.1) is 132 Å². The summed E-state index contributed by atoms with van der Waals surface area (Å²) in [5.41, 5.74) is 0. The summed E-state index contributed by atoms with van der Waals surface area (Å²) in [6.07, 6.45) is 17.6. The van der Waals surface area contributed by atoms with Gasteiger partial charge in [-0.25, -0.2) is 0 Å². The van der Waals surface area contributed by atoms with Crippen LogP contribution in [0.4, 0.5) is 0 Å². The quantitative estimate of drug-likeness (QED) is 0.0201. The molecular weight excluding hydrogens is 1140 g/mol. The Balaban J connectivity index is -0.0000000831. The SMILES string of the molecule is CCCCCCCCC=CCCCCCCCCCCCC(=O)O.OCC(O)CO.OCC(O)CO.OCC(O)CO.OCC(O)CO.OCC(O)CO.OCC(O)CO.OCC(O)CO.OCC(O)CO.OCC(O)CO.OCC(O)CO. The number of rotatable bonds is 39. The number of carboxylic acid groups (broad SMARTS) is 1. The Kier molecular flexibility index (Phi) is 131. The fourth-order valence-electron chi connectivity index (χ4n) is 3.63. The molecule has 0 saturated heterocycles. The van der Waals surface area contributed by atoms with Crippen LogP contribution in [-0.2, 0) is 4.79 Å². The van der Waals surface area contributed by atoms with Crippen molar-refractivity contribution in [3.05, 3.63) is 12.2 Å². The molecule has 0 aromatic carbocycles. The predicted molar refractivity (Wildman–Crippen MR) is 307 cm³/mol. The van der Waals surface area contributed by atoms with Gasteiger partial charge in [-0.05, 0) is 32.1 Å². The minimum atomic E-state index is -0.954. The van der Waals surface area contributed by atoms with Gasteiger partial charge >= 0.3 is 5.97 Å². The molecular formula is C52H122O32. The molecule has 0 aliphatic carbocycles. The lowest BCUT2D eigenvalue weighted by atomic mass is 10.1. The average Bonchev–Trinajstić information content (AvgIpc) is 3.54. The van der Waals surface area contributed by atoms with Gasteiger partial charge in [0.15, 0.2) is 0 Å². The van der Waals surface area contributed by atoms with E-state index in [1.807, 2.05) is 0 Å². The zero-order chi connectivity index (χ0) is 67.6. The first-order valence-electron chi connectivity index (χ1n) is 27.7. The molecule has 84 heavy (non-hydrogen) atoms. The third-order valence-corrected chi connectivity index (χ3v) is 8.87. The monoisotopic (exact) mass is 1260 g/mol. The Labute approximate surface area is 496 Å². The third-order valence-electron chi connectivity index (χ3n) is 8.87. The number of carbonyl (C=O) groups is 1. The standard InChI is InChI=1S/C22H42O2.10C3H8O3/c1-2-3-4-5-6-7-8-9-10-11-12-13-14-15-16-17-18-19-20-21-22(23)24;10*4-1-3(6)2-5/h9-10H,2-8,11-21H2,1H3,(H,23,24);10*3-6H,1-2H2. The number of hydrogen-bond donors (Lipinski definition) is 31. The maximum atomic E-state index is 10.4. The molecule has 0 fully saturated rings. The molecule has 522 valence electrons. The Morgan fingerprint density at radius 1 is 0.238 bits per heavy atom. The lowest BCUT2D eigenvalue weighted by Gasteiger charge is -2.01. The van der Waals surface area contributed by atoms with Crippen LogP contribution >= 0.6 is 0 Å². The number of hydrogen-bond acceptors (Lipinski definition) is 31. The third kappa shape index (κ3) is 143. The first-order chi connectivity index (χ1) is 39.9. The molecule has 0 aromatic rings. The van der Waals surface area contributed by atoms with Gasteiger partial charge in [-0.3, -0.25) is 4.79 Å². The van der Waals surface area contributed by atoms with Crippen molar-refractivity contribution in [2.45, 2.75) is 184 Å². The van der Waals surface area contributed by atoms with Crippen LogP contribution in [-0.4, -0.2) is 357 Å². The minimum Gasteiger partial charge on any atom is -0.481 e. The van der Waals surface area contributed by atoms with Crippen LogP contribution in [0.2, 0.25) is 0 Å². The summed E-state index contributed by atoms with van der Waals surface area (Å²) in [6.45, 7) is -5.02. The van der Waals surface area contributed by atoms with Crippen LogP contribution in [0.3, 0.4) is 0 Å². The van der Waals surface area contributed by atoms with Gasteiger partial charge in [0.25, 0.3) is 0 Å². The van der Waals surface area contributed by atoms with E-state index in [1.54, 1.807) is 0 Å². The van der Waals surface area contributed by atoms with Gasteiger partial charge < -0.3 is 158 Å². The van der Waals surface area contributed by atoms with Gasteiger partial charge in [0, 0.05) is 6.42 Å². The van der Waals surface area contributed by atoms with Crippen LogP contribution in [0.25, 0.3) is 0 Å². The van der Waals surface area contributed by atoms with Crippen molar-refractivity contribution in [3.8, 4) is 0 Å². The van der Waals surface area contributed by atoms with E-state index in [-0.39, 0.29) is 132 Å². The number of allylic oxidation sites excluding steroid dienone is 2. The Morgan fingerprint density at radius 3 is 0.488 bits per heavy atom. The van der Waals surface area contributed by atoms with Crippen molar-refractivity contribution in [3.63, 3.8) is 0 Å². The summed E-state index contributed by atoms with van der Waals surface area (Å²) in [6, 6.07) is 0. The van der Waals surface area contributed by atoms with Crippen LogP contribution < -0.4 is 0 Å². The maximum Gasteiger partial charge on any atom is 0.303 e. The van der Waals surface area contributed by atoms with Crippen molar-refractivity contribution in [1.82, 2.24) is 0 Å². The molecule has 0 spiro atoms. The second-order valence-electron chi connectivity index (χ2n) is 17.3. The highest BCUT2D eigenvalue weighted by Crippen LogP contribution is 2.12. The average molecular weight is 1260 g/mol. The molecule has 0 aliphatic rings. The molecule has 0 rings (SSSR count). The summed E-state index contributed by atoms with van der Waals surface area (Å²) in [5, 5.41) is 249. The lowest BCUT2D eigenvalue weighted by molar-refractivity contribution is -0.137. The lowest BCUT2D eigenvalue weighted by Crippen LogP contribution is -2.15. The molecule has 0 radical (unpaired) electrons. The molecule has 32 nitrogen and oxygen atoms in total. The zero-order valence-corrected chi connectivity index (χ0v) is 49.6. The molecule has 0 heterocycles. The Morgan fingerprint density at radius 2 is 0.369 bits per heavy atom. The van der Waals surface area contributed by atoms with Crippen molar-refractivity contribution >= 4 is 5.97 Å². The van der Waals surface area contributed by atoms with Crippen LogP contribution in [0.15, 0.2) is 12.2 Å². The molecule has 31 N–H and O–H groups in total. The van der Waals surface area contributed by atoms with Gasteiger partial charge in [-0.15, -0.1) is 0 Å². The molecule has 0 saturated carbocycles. The van der Waals surface area contributed by atoms with Crippen molar-refractivity contribution in [1.29, 1.82) is 0 Å². The first-order valence-corrected chi connectivity index (χ1v) is 27.7. The molecule has 0 aliphatic heterocycles. The largest absolute Gasteiger partial charge is 0.481 e. The van der Waals surface area contributed by atoms with Gasteiger partial charge in [-0.2, -0.15) is 0 Å².